The summed E-state index contributed by atoms with van der Waals surface area (Å²) in [6.45, 7) is 2.95. The third-order valence-corrected chi connectivity index (χ3v) is 11.9. The van der Waals surface area contributed by atoms with Gasteiger partial charge < -0.3 is 92.0 Å². The van der Waals surface area contributed by atoms with E-state index in [2.05, 4.69) is 47.4 Å². The van der Waals surface area contributed by atoms with Crippen molar-refractivity contribution in [2.24, 2.45) is 59.5 Å². The summed E-state index contributed by atoms with van der Waals surface area (Å²) in [7, 11) is 10.0. The van der Waals surface area contributed by atoms with Gasteiger partial charge in [-0.25, -0.2) is 0 Å². The van der Waals surface area contributed by atoms with Crippen molar-refractivity contribution < 1.29 is 38.4 Å². The molecule has 0 atom stereocenters. The molecule has 0 aromatic carbocycles. The lowest BCUT2D eigenvalue weighted by molar-refractivity contribution is -0.115. The standard InChI is InChI=1S/C49H66N18O8/c1-61-26-32(57-48(74)40-20-34(28-65(40)5)59-46(72)38-16-30(24-63(38)3)55-42(68)22-51)18-36(61)44(70)53-11-8-14-67(13-7-10-50)15-9-12-54-45(71)37-19-33(27-62(37)2)58-49(75)41-21-35(29-66(41)6)60-47(73)39-17-31(25-64(39)4)56-43(69)23-52/h16-21,24-29H,7-15,22-23,50-52H2,1-6H3,(H,53,70)(H,54,71)(H,55,68)(H,56,69)(H,57,74)(H,58,75)(H,59,72)(H,60,73). The Bertz CT molecular complexity index is 2880. The number of carbonyl (C=O) groups is 8. The van der Waals surface area contributed by atoms with Crippen LogP contribution in [0.4, 0.5) is 34.1 Å². The lowest BCUT2D eigenvalue weighted by Gasteiger charge is -2.22. The third kappa shape index (κ3) is 14.7. The van der Waals surface area contributed by atoms with Gasteiger partial charge in [0.2, 0.25) is 11.8 Å². The van der Waals surface area contributed by atoms with Crippen molar-refractivity contribution in [1.82, 2.24) is 42.9 Å². The highest BCUT2D eigenvalue weighted by Gasteiger charge is 2.22. The molecule has 6 aromatic heterocycles. The normalized spacial score (nSPS) is 11.1. The Morgan fingerprint density at radius 3 is 0.867 bits per heavy atom. The molecule has 400 valence electrons. The molecule has 0 radical (unpaired) electrons. The van der Waals surface area contributed by atoms with Crippen LogP contribution in [0.15, 0.2) is 73.6 Å². The van der Waals surface area contributed by atoms with Crippen LogP contribution in [0.5, 0.6) is 0 Å². The van der Waals surface area contributed by atoms with Gasteiger partial charge in [0, 0.05) is 92.6 Å². The van der Waals surface area contributed by atoms with E-state index >= 15 is 0 Å². The Kier molecular flexibility index (Phi) is 18.7. The van der Waals surface area contributed by atoms with Gasteiger partial charge >= 0.3 is 0 Å². The molecule has 0 unspecified atom stereocenters. The van der Waals surface area contributed by atoms with Crippen molar-refractivity contribution in [3.63, 3.8) is 0 Å². The van der Waals surface area contributed by atoms with Crippen molar-refractivity contribution in [1.29, 1.82) is 0 Å². The summed E-state index contributed by atoms with van der Waals surface area (Å²) in [4.78, 5) is 105. The zero-order chi connectivity index (χ0) is 54.5. The Labute approximate surface area is 432 Å². The van der Waals surface area contributed by atoms with Gasteiger partial charge in [-0.05, 0) is 81.8 Å². The Morgan fingerprint density at radius 1 is 0.373 bits per heavy atom. The maximum absolute atomic E-state index is 13.3. The van der Waals surface area contributed by atoms with Gasteiger partial charge in [0.1, 0.15) is 34.2 Å². The highest BCUT2D eigenvalue weighted by atomic mass is 16.2. The second-order valence-electron chi connectivity index (χ2n) is 17.9. The number of nitrogens with zero attached hydrogens (tertiary/aromatic N) is 7. The molecule has 0 aliphatic rings. The summed E-state index contributed by atoms with van der Waals surface area (Å²) >= 11 is 0. The van der Waals surface area contributed by atoms with Crippen LogP contribution in [0.25, 0.3) is 0 Å². The van der Waals surface area contributed by atoms with Crippen molar-refractivity contribution in [2.75, 3.05) is 84.3 Å². The number of amides is 8. The third-order valence-electron chi connectivity index (χ3n) is 11.9. The quantitative estimate of drug-likeness (QED) is 0.0360. The lowest BCUT2D eigenvalue weighted by Crippen LogP contribution is -2.34. The predicted molar refractivity (Wildman–Crippen MR) is 284 cm³/mol. The van der Waals surface area contributed by atoms with Gasteiger partial charge in [-0.3, -0.25) is 38.4 Å². The molecule has 0 spiro atoms. The first kappa shape index (κ1) is 55.6. The van der Waals surface area contributed by atoms with E-state index in [1.807, 2.05) is 0 Å². The average Bonchev–Trinajstić information content (AvgIpc) is 4.23. The number of hydrogen-bond donors (Lipinski definition) is 11. The molecule has 26 heteroatoms. The number of aromatic nitrogens is 6. The SMILES string of the molecule is Cn1cc(NC(=O)c2cc(NC(=O)c3cc(NC(=O)CN)cn3C)cn2C)cc1C(=O)NCCCN(CCCN)CCCNC(=O)c1cc(NC(=O)c2cc(NC(=O)c3cc(NC(=O)CN)cn3C)cn2C)cn1C. The van der Waals surface area contributed by atoms with Crippen LogP contribution < -0.4 is 59.7 Å². The fraction of sp³-hybridized carbons (Fsp3) is 0.347. The molecule has 14 N–H and O–H groups in total. The van der Waals surface area contributed by atoms with Crippen LogP contribution in [0.1, 0.15) is 82.2 Å². The van der Waals surface area contributed by atoms with E-state index < -0.39 is 35.4 Å². The van der Waals surface area contributed by atoms with Crippen molar-refractivity contribution in [3.8, 4) is 0 Å². The molecule has 75 heavy (non-hydrogen) atoms. The maximum Gasteiger partial charge on any atom is 0.272 e. The summed E-state index contributed by atoms with van der Waals surface area (Å²) in [5.41, 5.74) is 20.7. The lowest BCUT2D eigenvalue weighted by atomic mass is 10.2. The fourth-order valence-corrected chi connectivity index (χ4v) is 8.20. The highest BCUT2D eigenvalue weighted by molar-refractivity contribution is 6.09. The van der Waals surface area contributed by atoms with Gasteiger partial charge in [-0.15, -0.1) is 0 Å². The topological polar surface area (TPSA) is 344 Å². The Hall–Kier alpha value is -8.72. The summed E-state index contributed by atoms with van der Waals surface area (Å²) in [5.74, 6) is -3.26. The predicted octanol–water partition coefficient (Wildman–Crippen LogP) is 1.11. The van der Waals surface area contributed by atoms with E-state index in [-0.39, 0.29) is 47.7 Å². The number of aryl methyl sites for hydroxylation is 6. The van der Waals surface area contributed by atoms with E-state index in [9.17, 15) is 38.4 Å². The molecule has 0 aliphatic carbocycles. The molecule has 6 heterocycles. The van der Waals surface area contributed by atoms with Crippen LogP contribution in [0, 0.1) is 0 Å². The highest BCUT2D eigenvalue weighted by Crippen LogP contribution is 2.22. The molecule has 0 saturated heterocycles. The van der Waals surface area contributed by atoms with Gasteiger partial charge in [0.25, 0.3) is 35.4 Å². The van der Waals surface area contributed by atoms with E-state index in [0.717, 1.165) is 13.0 Å². The van der Waals surface area contributed by atoms with E-state index in [1.165, 1.54) is 24.3 Å². The first-order valence-corrected chi connectivity index (χ1v) is 24.0. The monoisotopic (exact) mass is 1030 g/mol. The summed E-state index contributed by atoms with van der Waals surface area (Å²) in [6.07, 6.45) is 11.7. The summed E-state index contributed by atoms with van der Waals surface area (Å²) in [5, 5.41) is 22.3. The zero-order valence-electron chi connectivity index (χ0n) is 42.8. The first-order valence-electron chi connectivity index (χ1n) is 24.0. The van der Waals surface area contributed by atoms with Gasteiger partial charge in [0.05, 0.1) is 47.2 Å². The minimum Gasteiger partial charge on any atom is -0.351 e. The number of hydrogen-bond acceptors (Lipinski definition) is 12. The zero-order valence-corrected chi connectivity index (χ0v) is 42.8. The Morgan fingerprint density at radius 2 is 0.613 bits per heavy atom. The number of rotatable bonds is 25. The van der Waals surface area contributed by atoms with E-state index in [4.69, 9.17) is 17.2 Å². The molecule has 6 aromatic rings. The molecule has 0 fully saturated rings. The van der Waals surface area contributed by atoms with Crippen molar-refractivity contribution in [3.05, 3.63) is 108 Å². The first-order chi connectivity index (χ1) is 35.8. The van der Waals surface area contributed by atoms with Crippen molar-refractivity contribution in [2.45, 2.75) is 19.3 Å². The van der Waals surface area contributed by atoms with Crippen LogP contribution in [0.3, 0.4) is 0 Å². The molecule has 6 rings (SSSR count). The molecule has 0 bridgehead atoms. The van der Waals surface area contributed by atoms with Crippen LogP contribution >= 0.6 is 0 Å². The van der Waals surface area contributed by atoms with Crippen molar-refractivity contribution >= 4 is 81.4 Å². The number of anilines is 6. The molecular weight excluding hydrogens is 969 g/mol. The van der Waals surface area contributed by atoms with Gasteiger partial charge in [-0.2, -0.15) is 0 Å². The summed E-state index contributed by atoms with van der Waals surface area (Å²) in [6, 6.07) is 9.23. The smallest absolute Gasteiger partial charge is 0.272 e. The van der Waals surface area contributed by atoms with Crippen LogP contribution in [-0.2, 0) is 51.9 Å². The van der Waals surface area contributed by atoms with E-state index in [0.29, 0.717) is 91.1 Å². The number of nitrogens with one attached hydrogen (secondary N) is 8. The minimum atomic E-state index is -0.460. The number of nitrogens with two attached hydrogens (primary N) is 3. The molecule has 0 aliphatic heterocycles. The molecule has 0 saturated carbocycles. The largest absolute Gasteiger partial charge is 0.351 e. The number of carbonyl (C=O) groups excluding carboxylic acids is 8. The molecular formula is C49H66N18O8. The minimum absolute atomic E-state index is 0.199. The average molecular weight is 1040 g/mol. The van der Waals surface area contributed by atoms with Crippen LogP contribution in [-0.4, -0.2) is 132 Å². The van der Waals surface area contributed by atoms with Gasteiger partial charge in [0.15, 0.2) is 0 Å². The fourth-order valence-electron chi connectivity index (χ4n) is 8.20. The maximum atomic E-state index is 13.3. The molecule has 26 nitrogen and oxygen atoms in total. The van der Waals surface area contributed by atoms with Gasteiger partial charge in [-0.1, -0.05) is 0 Å². The Balaban J connectivity index is 0.918. The van der Waals surface area contributed by atoms with Crippen LogP contribution in [0.2, 0.25) is 0 Å². The second-order valence-corrected chi connectivity index (χ2v) is 17.9. The molecule has 8 amide bonds. The second kappa shape index (κ2) is 25.3. The summed E-state index contributed by atoms with van der Waals surface area (Å²) < 4.78 is 9.46. The van der Waals surface area contributed by atoms with E-state index in [1.54, 1.807) is 119 Å².